The maximum absolute atomic E-state index is 5.64. The molecule has 3 nitrogen and oxygen atoms in total. The van der Waals surface area contributed by atoms with Crippen molar-refractivity contribution in [3.63, 3.8) is 0 Å². The quantitative estimate of drug-likeness (QED) is 0.753. The average Bonchev–Trinajstić information content (AvgIpc) is 2.31. The second-order valence-electron chi connectivity index (χ2n) is 3.80. The molecule has 3 heteroatoms. The number of hydrogen-bond donors (Lipinski definition) is 2. The zero-order valence-corrected chi connectivity index (χ0v) is 9.66. The smallest absolute Gasteiger partial charge is 0.0416 e. The van der Waals surface area contributed by atoms with Crippen LogP contribution in [0.5, 0.6) is 0 Å². The van der Waals surface area contributed by atoms with Gasteiger partial charge in [-0.3, -0.25) is 4.98 Å². The summed E-state index contributed by atoms with van der Waals surface area (Å²) in [6.07, 6.45) is 6.06. The van der Waals surface area contributed by atoms with Crippen LogP contribution in [0.25, 0.3) is 0 Å². The van der Waals surface area contributed by atoms with Crippen molar-refractivity contribution in [3.05, 3.63) is 24.0 Å². The van der Waals surface area contributed by atoms with Crippen molar-refractivity contribution in [2.45, 2.75) is 33.2 Å². The molecular formula is C12H21N3. The van der Waals surface area contributed by atoms with Crippen LogP contribution in [0.2, 0.25) is 0 Å². The van der Waals surface area contributed by atoms with E-state index in [1.165, 1.54) is 12.8 Å². The van der Waals surface area contributed by atoms with Crippen molar-refractivity contribution in [1.29, 1.82) is 0 Å². The molecule has 1 aromatic heterocycles. The van der Waals surface area contributed by atoms with Crippen molar-refractivity contribution in [3.8, 4) is 0 Å². The van der Waals surface area contributed by atoms with Gasteiger partial charge in [0.05, 0.1) is 0 Å². The van der Waals surface area contributed by atoms with Crippen LogP contribution in [-0.4, -0.2) is 11.5 Å². The van der Waals surface area contributed by atoms with Crippen LogP contribution in [0.3, 0.4) is 0 Å². The van der Waals surface area contributed by atoms with E-state index in [4.69, 9.17) is 5.73 Å². The van der Waals surface area contributed by atoms with Crippen molar-refractivity contribution >= 4 is 5.69 Å². The predicted octanol–water partition coefficient (Wildman–Crippen LogP) is 2.39. The van der Waals surface area contributed by atoms with Gasteiger partial charge in [0.1, 0.15) is 0 Å². The number of pyridine rings is 1. The number of nitrogens with zero attached hydrogens (tertiary/aromatic N) is 1. The van der Waals surface area contributed by atoms with E-state index in [-0.39, 0.29) is 0 Å². The van der Waals surface area contributed by atoms with Crippen LogP contribution in [-0.2, 0) is 6.54 Å². The number of nitrogens with one attached hydrogen (secondary N) is 1. The average molecular weight is 207 g/mol. The second kappa shape index (κ2) is 6.40. The molecule has 0 aliphatic carbocycles. The minimum atomic E-state index is 0.541. The zero-order chi connectivity index (χ0) is 11.1. The van der Waals surface area contributed by atoms with Gasteiger partial charge in [0, 0.05) is 36.7 Å². The molecule has 84 valence electrons. The van der Waals surface area contributed by atoms with Gasteiger partial charge >= 0.3 is 0 Å². The van der Waals surface area contributed by atoms with E-state index in [1.54, 1.807) is 6.20 Å². The Morgan fingerprint density at radius 3 is 2.73 bits per heavy atom. The Bertz CT molecular complexity index is 282. The molecule has 0 radical (unpaired) electrons. The van der Waals surface area contributed by atoms with Gasteiger partial charge < -0.3 is 11.1 Å². The minimum absolute atomic E-state index is 0.541. The summed E-state index contributed by atoms with van der Waals surface area (Å²) in [5.74, 6) is 0.740. The fourth-order valence-electron chi connectivity index (χ4n) is 1.59. The molecule has 1 aromatic rings. The lowest BCUT2D eigenvalue weighted by Gasteiger charge is -2.15. The first-order valence-electron chi connectivity index (χ1n) is 5.68. The Hall–Kier alpha value is -1.09. The highest BCUT2D eigenvalue weighted by Crippen LogP contribution is 2.15. The third kappa shape index (κ3) is 3.51. The Kier molecular flexibility index (Phi) is 5.12. The van der Waals surface area contributed by atoms with Crippen molar-refractivity contribution in [2.24, 2.45) is 11.7 Å². The molecule has 15 heavy (non-hydrogen) atoms. The van der Waals surface area contributed by atoms with Gasteiger partial charge in [0.25, 0.3) is 0 Å². The van der Waals surface area contributed by atoms with Crippen LogP contribution in [0.4, 0.5) is 5.69 Å². The van der Waals surface area contributed by atoms with Gasteiger partial charge in [-0.2, -0.15) is 0 Å². The Balaban J connectivity index is 2.56. The van der Waals surface area contributed by atoms with Crippen LogP contribution < -0.4 is 11.1 Å². The number of aromatic nitrogens is 1. The predicted molar refractivity (Wildman–Crippen MR) is 64.7 cm³/mol. The maximum atomic E-state index is 5.64. The van der Waals surface area contributed by atoms with Crippen LogP contribution in [0.15, 0.2) is 18.5 Å². The summed E-state index contributed by atoms with van der Waals surface area (Å²) in [4.78, 5) is 4.06. The summed E-state index contributed by atoms with van der Waals surface area (Å²) in [6, 6.07) is 1.99. The van der Waals surface area contributed by atoms with Gasteiger partial charge in [0.15, 0.2) is 0 Å². The molecule has 0 unspecified atom stereocenters. The van der Waals surface area contributed by atoms with E-state index in [2.05, 4.69) is 24.1 Å². The van der Waals surface area contributed by atoms with Crippen molar-refractivity contribution in [2.75, 3.05) is 11.9 Å². The maximum Gasteiger partial charge on any atom is 0.0416 e. The van der Waals surface area contributed by atoms with Crippen molar-refractivity contribution in [1.82, 2.24) is 4.98 Å². The van der Waals surface area contributed by atoms with E-state index in [0.29, 0.717) is 6.54 Å². The first kappa shape index (κ1) is 12.0. The van der Waals surface area contributed by atoms with E-state index in [9.17, 15) is 0 Å². The van der Waals surface area contributed by atoms with E-state index in [0.717, 1.165) is 23.7 Å². The summed E-state index contributed by atoms with van der Waals surface area (Å²) < 4.78 is 0. The van der Waals surface area contributed by atoms with E-state index in [1.807, 2.05) is 12.3 Å². The van der Waals surface area contributed by atoms with Gasteiger partial charge in [0.2, 0.25) is 0 Å². The lowest BCUT2D eigenvalue weighted by atomic mass is 10.0. The van der Waals surface area contributed by atoms with Gasteiger partial charge in [-0.25, -0.2) is 0 Å². The molecule has 0 aliphatic heterocycles. The second-order valence-corrected chi connectivity index (χ2v) is 3.80. The van der Waals surface area contributed by atoms with Crippen molar-refractivity contribution < 1.29 is 0 Å². The summed E-state index contributed by atoms with van der Waals surface area (Å²) in [5, 5.41) is 3.45. The molecule has 0 saturated heterocycles. The minimum Gasteiger partial charge on any atom is -0.384 e. The number of anilines is 1. The molecule has 1 heterocycles. The molecule has 0 aliphatic rings. The standard InChI is InChI=1S/C12H21N3/c1-3-10(4-2)8-15-12-5-6-14-9-11(12)7-13/h5-6,9-10H,3-4,7-8,13H2,1-2H3,(H,14,15). The van der Waals surface area contributed by atoms with E-state index >= 15 is 0 Å². The molecule has 0 atom stereocenters. The molecule has 0 fully saturated rings. The van der Waals surface area contributed by atoms with Gasteiger partial charge in [-0.05, 0) is 12.0 Å². The molecule has 0 saturated carbocycles. The number of hydrogen-bond acceptors (Lipinski definition) is 3. The highest BCUT2D eigenvalue weighted by Gasteiger charge is 2.04. The lowest BCUT2D eigenvalue weighted by Crippen LogP contribution is -2.14. The first-order chi connectivity index (χ1) is 7.31. The molecule has 0 bridgehead atoms. The lowest BCUT2D eigenvalue weighted by molar-refractivity contribution is 0.519. The normalized spacial score (nSPS) is 10.7. The van der Waals surface area contributed by atoms with Crippen LogP contribution in [0, 0.1) is 5.92 Å². The monoisotopic (exact) mass is 207 g/mol. The molecule has 0 spiro atoms. The zero-order valence-electron chi connectivity index (χ0n) is 9.66. The largest absolute Gasteiger partial charge is 0.384 e. The highest BCUT2D eigenvalue weighted by atomic mass is 14.9. The van der Waals surface area contributed by atoms with Gasteiger partial charge in [-0.1, -0.05) is 26.7 Å². The van der Waals surface area contributed by atoms with Gasteiger partial charge in [-0.15, -0.1) is 0 Å². The summed E-state index contributed by atoms with van der Waals surface area (Å²) in [5.41, 5.74) is 7.85. The molecular weight excluding hydrogens is 186 g/mol. The topological polar surface area (TPSA) is 50.9 Å². The highest BCUT2D eigenvalue weighted by molar-refractivity contribution is 5.49. The van der Waals surface area contributed by atoms with Crippen LogP contribution in [0.1, 0.15) is 32.3 Å². The van der Waals surface area contributed by atoms with Crippen LogP contribution >= 0.6 is 0 Å². The number of rotatable bonds is 6. The molecule has 1 rings (SSSR count). The summed E-state index contributed by atoms with van der Waals surface area (Å²) >= 11 is 0. The SMILES string of the molecule is CCC(CC)CNc1ccncc1CN. The third-order valence-corrected chi connectivity index (χ3v) is 2.86. The Morgan fingerprint density at radius 2 is 2.13 bits per heavy atom. The Morgan fingerprint density at radius 1 is 1.40 bits per heavy atom. The number of nitrogens with two attached hydrogens (primary N) is 1. The third-order valence-electron chi connectivity index (χ3n) is 2.86. The summed E-state index contributed by atoms with van der Waals surface area (Å²) in [7, 11) is 0. The molecule has 0 aromatic carbocycles. The molecule has 0 amide bonds. The first-order valence-corrected chi connectivity index (χ1v) is 5.68. The Labute approximate surface area is 92.1 Å². The molecule has 3 N–H and O–H groups in total. The van der Waals surface area contributed by atoms with E-state index < -0.39 is 0 Å². The fourth-order valence-corrected chi connectivity index (χ4v) is 1.59. The fraction of sp³-hybridized carbons (Fsp3) is 0.583. The summed E-state index contributed by atoms with van der Waals surface area (Å²) in [6.45, 7) is 6.02.